The zero-order valence-electron chi connectivity index (χ0n) is 14.8. The first-order chi connectivity index (χ1) is 13.5. The Labute approximate surface area is 160 Å². The lowest BCUT2D eigenvalue weighted by Gasteiger charge is -2.15. The molecule has 1 aliphatic rings. The molecular weight excluding hydrogens is 419 g/mol. The van der Waals surface area contributed by atoms with Gasteiger partial charge in [-0.2, -0.15) is 4.98 Å². The number of amides is 1. The molecule has 16 heteroatoms. The quantitative estimate of drug-likeness (QED) is 0.312. The van der Waals surface area contributed by atoms with Gasteiger partial charge >= 0.3 is 5.69 Å². The van der Waals surface area contributed by atoms with E-state index in [1.807, 2.05) is 0 Å². The summed E-state index contributed by atoms with van der Waals surface area (Å²) in [4.78, 5) is 42.1. The molecule has 0 aliphatic carbocycles. The molecule has 3 heterocycles. The van der Waals surface area contributed by atoms with Crippen LogP contribution in [0.4, 0.5) is 10.3 Å². The van der Waals surface area contributed by atoms with E-state index in [2.05, 4.69) is 9.97 Å². The maximum absolute atomic E-state index is 14.1. The number of sulfonamides is 1. The Bertz CT molecular complexity index is 1190. The number of imidazole rings is 1. The largest absolute Gasteiger partial charge is 0.394 e. The Balaban J connectivity index is 2.25. The molecule has 4 atom stereocenters. The van der Waals surface area contributed by atoms with Crippen molar-refractivity contribution < 1.29 is 32.6 Å². The number of nitrogens with one attached hydrogen (secondary N) is 2. The fraction of sp³-hybridized carbons (Fsp3) is 0.538. The Hall–Kier alpha value is -2.82. The Morgan fingerprint density at radius 2 is 2.10 bits per heavy atom. The van der Waals surface area contributed by atoms with Crippen LogP contribution < -0.4 is 21.7 Å². The number of aromatic amines is 1. The van der Waals surface area contributed by atoms with Gasteiger partial charge in [0.05, 0.1) is 6.61 Å². The molecule has 1 amide bonds. The summed E-state index contributed by atoms with van der Waals surface area (Å²) in [6.45, 7) is 0.118. The van der Waals surface area contributed by atoms with Crippen molar-refractivity contribution >= 4 is 33.0 Å². The van der Waals surface area contributed by atoms with Crippen LogP contribution in [-0.4, -0.2) is 68.6 Å². The van der Waals surface area contributed by atoms with Crippen LogP contribution in [0.2, 0.25) is 0 Å². The molecule has 14 nitrogen and oxygen atoms in total. The number of ether oxygens (including phenoxy) is 1. The summed E-state index contributed by atoms with van der Waals surface area (Å²) in [5.41, 5.74) is 2.24. The minimum Gasteiger partial charge on any atom is -0.394 e. The van der Waals surface area contributed by atoms with Crippen LogP contribution in [0, 0.1) is 0 Å². The predicted molar refractivity (Wildman–Crippen MR) is 93.7 cm³/mol. The van der Waals surface area contributed by atoms with E-state index in [-0.39, 0.29) is 0 Å². The van der Waals surface area contributed by atoms with Crippen molar-refractivity contribution in [3.63, 3.8) is 0 Å². The Morgan fingerprint density at radius 1 is 1.45 bits per heavy atom. The molecule has 0 radical (unpaired) electrons. The second-order valence-corrected chi connectivity index (χ2v) is 7.98. The van der Waals surface area contributed by atoms with Gasteiger partial charge in [-0.05, 0) is 0 Å². The van der Waals surface area contributed by atoms with Gasteiger partial charge in [-0.15, -0.1) is 0 Å². The van der Waals surface area contributed by atoms with Crippen molar-refractivity contribution in [2.45, 2.75) is 37.4 Å². The summed E-state index contributed by atoms with van der Waals surface area (Å²) in [7, 11) is -4.40. The van der Waals surface area contributed by atoms with Crippen LogP contribution in [0.1, 0.15) is 13.2 Å². The highest BCUT2D eigenvalue weighted by molar-refractivity contribution is 7.89. The smallest absolute Gasteiger partial charge is 0.333 e. The highest BCUT2D eigenvalue weighted by Gasteiger charge is 2.46. The number of aromatic nitrogens is 4. The van der Waals surface area contributed by atoms with Crippen LogP contribution in [-0.2, 0) is 25.4 Å². The third-order valence-corrected chi connectivity index (χ3v) is 5.35. The van der Waals surface area contributed by atoms with E-state index in [4.69, 9.17) is 15.6 Å². The summed E-state index contributed by atoms with van der Waals surface area (Å²) in [6.07, 6.45) is -7.20. The maximum atomic E-state index is 14.1. The Morgan fingerprint density at radius 3 is 2.66 bits per heavy atom. The molecule has 0 bridgehead atoms. The molecule has 1 fully saturated rings. The van der Waals surface area contributed by atoms with Crippen LogP contribution in [0.3, 0.4) is 0 Å². The number of anilines is 1. The fourth-order valence-electron chi connectivity index (χ4n) is 3.04. The van der Waals surface area contributed by atoms with Crippen molar-refractivity contribution in [3.05, 3.63) is 20.8 Å². The van der Waals surface area contributed by atoms with Crippen LogP contribution >= 0.6 is 0 Å². The maximum Gasteiger partial charge on any atom is 0.333 e. The summed E-state index contributed by atoms with van der Waals surface area (Å²) in [5.74, 6) is -2.53. The fourth-order valence-corrected chi connectivity index (χ4v) is 4.12. The number of nitrogen functional groups attached to an aromatic ring is 1. The molecule has 160 valence electrons. The van der Waals surface area contributed by atoms with E-state index in [9.17, 15) is 32.3 Å². The van der Waals surface area contributed by atoms with Gasteiger partial charge in [0.25, 0.3) is 15.6 Å². The third-order valence-electron chi connectivity index (χ3n) is 4.15. The molecule has 3 rings (SSSR count). The van der Waals surface area contributed by atoms with Crippen molar-refractivity contribution in [1.82, 2.24) is 23.8 Å². The van der Waals surface area contributed by atoms with Gasteiger partial charge in [-0.25, -0.2) is 22.2 Å². The molecule has 0 saturated carbocycles. The molecule has 1 aliphatic heterocycles. The number of aliphatic hydroxyl groups is 2. The topological polar surface area (TPSA) is 212 Å². The van der Waals surface area contributed by atoms with Gasteiger partial charge in [0.15, 0.2) is 23.6 Å². The number of halogens is 1. The molecule has 0 spiro atoms. The number of nitrogens with two attached hydrogens (primary N) is 1. The van der Waals surface area contributed by atoms with Gasteiger partial charge < -0.3 is 20.7 Å². The van der Waals surface area contributed by atoms with Gasteiger partial charge in [0.1, 0.15) is 18.1 Å². The average Bonchev–Trinajstić information content (AvgIpc) is 3.01. The van der Waals surface area contributed by atoms with Gasteiger partial charge in [0.2, 0.25) is 11.9 Å². The average molecular weight is 436 g/mol. The lowest BCUT2D eigenvalue weighted by molar-refractivity contribution is -0.117. The number of rotatable bonds is 5. The van der Waals surface area contributed by atoms with E-state index < -0.39 is 81.4 Å². The van der Waals surface area contributed by atoms with Crippen LogP contribution in [0.5, 0.6) is 0 Å². The minimum atomic E-state index is -4.40. The number of nitrogens with zero attached hydrogens (tertiary/aromatic N) is 3. The first-order valence-electron chi connectivity index (χ1n) is 8.07. The molecule has 2 aromatic rings. The summed E-state index contributed by atoms with van der Waals surface area (Å²) < 4.78 is 46.1. The number of alkyl halides is 1. The van der Waals surface area contributed by atoms with Gasteiger partial charge in [-0.1, -0.05) is 0 Å². The number of H-pyrrole nitrogens is 1. The Kier molecular flexibility index (Phi) is 5.20. The number of fused-ring (bicyclic) bond motifs is 1. The highest BCUT2D eigenvalue weighted by atomic mass is 32.2. The van der Waals surface area contributed by atoms with Gasteiger partial charge in [0, 0.05) is 6.92 Å². The SMILES string of the molecule is CC(=O)NS(=O)(=O)Cn1c(=O)n([C@@H]2O[C@H](CO)[C@@H](F)[C@H]2O)c2nc(N)[nH]c(=O)c21. The zero-order chi connectivity index (χ0) is 21.7. The molecule has 0 aromatic carbocycles. The molecule has 1 saturated heterocycles. The molecule has 29 heavy (non-hydrogen) atoms. The number of carbonyl (C=O) groups excluding carboxylic acids is 1. The lowest BCUT2D eigenvalue weighted by atomic mass is 10.1. The van der Waals surface area contributed by atoms with Crippen molar-refractivity contribution in [2.24, 2.45) is 0 Å². The number of hydrogen-bond acceptors (Lipinski definition) is 10. The van der Waals surface area contributed by atoms with E-state index in [0.29, 0.717) is 9.13 Å². The standard InChI is InChI=1S/C13H17FN6O8S/c1-4(22)18-29(26,27)3-19-7-9(16-12(15)17-10(7)24)20(13(19)25)11-8(23)6(14)5(2-21)28-11/h5-6,8,11,21,23H,2-3H2,1H3,(H,18,22)(H3,15,16,17,24)/t5-,6-,8-,11-/m1/s1. The number of hydrogen-bond donors (Lipinski definition) is 5. The predicted octanol–water partition coefficient (Wildman–Crippen LogP) is -3.52. The van der Waals surface area contributed by atoms with E-state index in [1.165, 1.54) is 0 Å². The second-order valence-electron chi connectivity index (χ2n) is 6.29. The molecule has 0 unspecified atom stereocenters. The summed E-state index contributed by atoms with van der Waals surface area (Å²) in [6, 6.07) is 0. The van der Waals surface area contributed by atoms with E-state index >= 15 is 0 Å². The van der Waals surface area contributed by atoms with Crippen molar-refractivity contribution in [2.75, 3.05) is 12.3 Å². The normalized spacial score (nSPS) is 24.8. The third kappa shape index (κ3) is 3.61. The highest BCUT2D eigenvalue weighted by Crippen LogP contribution is 2.32. The van der Waals surface area contributed by atoms with Gasteiger partial charge in [-0.3, -0.25) is 23.9 Å². The number of carbonyl (C=O) groups is 1. The first kappa shape index (κ1) is 20.9. The van der Waals surface area contributed by atoms with Crippen LogP contribution in [0.25, 0.3) is 11.2 Å². The van der Waals surface area contributed by atoms with Crippen molar-refractivity contribution in [1.29, 1.82) is 0 Å². The monoisotopic (exact) mass is 436 g/mol. The molecular formula is C13H17FN6O8S. The molecule has 2 aromatic heterocycles. The second kappa shape index (κ2) is 7.21. The summed E-state index contributed by atoms with van der Waals surface area (Å²) >= 11 is 0. The summed E-state index contributed by atoms with van der Waals surface area (Å²) in [5, 5.41) is 19.2. The molecule has 6 N–H and O–H groups in total. The lowest BCUT2D eigenvalue weighted by Crippen LogP contribution is -2.37. The first-order valence-corrected chi connectivity index (χ1v) is 9.72. The number of aliphatic hydroxyl groups excluding tert-OH is 2. The zero-order valence-corrected chi connectivity index (χ0v) is 15.6. The van der Waals surface area contributed by atoms with E-state index in [1.54, 1.807) is 4.72 Å². The minimum absolute atomic E-state index is 0.443. The van der Waals surface area contributed by atoms with E-state index in [0.717, 1.165) is 6.92 Å². The van der Waals surface area contributed by atoms with Crippen LogP contribution in [0.15, 0.2) is 9.59 Å². The van der Waals surface area contributed by atoms with Crippen molar-refractivity contribution in [3.8, 4) is 0 Å².